The standard InChI is InChI=1S/C24H23F3N6O2/c1-14(34)13-35-19-4-2-3-15-5-7-18(29-21(15)19)23-31-30-20-8-6-16(11-33(20)23)22(24(25,26)27)32-10-9-17(28)12-32/h2-8,11,14,22,28,34H,9-10,12-13H2,1H3/t14-,22-/m1/s1. The number of nitrogens with zero attached hydrogens (tertiary/aromatic N) is 5. The largest absolute Gasteiger partial charge is 0.489 e. The Bertz CT molecular complexity index is 1400. The van der Waals surface area contributed by atoms with Crippen molar-refractivity contribution in [3.05, 3.63) is 54.2 Å². The molecule has 1 aliphatic heterocycles. The maximum absolute atomic E-state index is 14.1. The van der Waals surface area contributed by atoms with E-state index < -0.39 is 18.3 Å². The van der Waals surface area contributed by atoms with Crippen molar-refractivity contribution < 1.29 is 23.0 Å². The van der Waals surface area contributed by atoms with E-state index in [0.717, 1.165) is 5.39 Å². The fourth-order valence-electron chi connectivity index (χ4n) is 4.32. The first-order valence-electron chi connectivity index (χ1n) is 11.1. The van der Waals surface area contributed by atoms with Crippen molar-refractivity contribution in [3.8, 4) is 17.3 Å². The highest BCUT2D eigenvalue weighted by molar-refractivity contribution is 5.86. The van der Waals surface area contributed by atoms with Gasteiger partial charge in [0.1, 0.15) is 29.6 Å². The van der Waals surface area contributed by atoms with Gasteiger partial charge in [0, 0.05) is 30.4 Å². The molecular formula is C24H23F3N6O2. The highest BCUT2D eigenvalue weighted by Crippen LogP contribution is 2.39. The summed E-state index contributed by atoms with van der Waals surface area (Å²) >= 11 is 0. The summed E-state index contributed by atoms with van der Waals surface area (Å²) in [5, 5.41) is 26.4. The molecule has 0 spiro atoms. The lowest BCUT2D eigenvalue weighted by Gasteiger charge is -2.29. The molecular weight excluding hydrogens is 461 g/mol. The lowest BCUT2D eigenvalue weighted by Crippen LogP contribution is -2.37. The molecule has 182 valence electrons. The summed E-state index contributed by atoms with van der Waals surface area (Å²) in [4.78, 5) is 5.94. The Morgan fingerprint density at radius 2 is 1.97 bits per heavy atom. The molecule has 4 aromatic rings. The van der Waals surface area contributed by atoms with Gasteiger partial charge in [-0.2, -0.15) is 13.2 Å². The zero-order valence-electron chi connectivity index (χ0n) is 18.8. The Balaban J connectivity index is 1.58. The van der Waals surface area contributed by atoms with Crippen LogP contribution in [0.2, 0.25) is 0 Å². The van der Waals surface area contributed by atoms with Gasteiger partial charge in [0.15, 0.2) is 11.5 Å². The lowest BCUT2D eigenvalue weighted by atomic mass is 10.1. The Morgan fingerprint density at radius 3 is 2.69 bits per heavy atom. The third-order valence-electron chi connectivity index (χ3n) is 5.90. The van der Waals surface area contributed by atoms with Crippen LogP contribution in [0.3, 0.4) is 0 Å². The number of likely N-dealkylation sites (tertiary alicyclic amines) is 1. The molecule has 5 rings (SSSR count). The Morgan fingerprint density at radius 1 is 1.14 bits per heavy atom. The first-order valence-corrected chi connectivity index (χ1v) is 11.1. The van der Waals surface area contributed by atoms with Crippen LogP contribution in [0.5, 0.6) is 5.75 Å². The van der Waals surface area contributed by atoms with E-state index in [1.54, 1.807) is 19.1 Å². The molecule has 2 N–H and O–H groups in total. The Kier molecular flexibility index (Phi) is 5.89. The molecule has 1 saturated heterocycles. The third-order valence-corrected chi connectivity index (χ3v) is 5.90. The van der Waals surface area contributed by atoms with E-state index in [9.17, 15) is 18.3 Å². The fraction of sp³-hybridized carbons (Fsp3) is 0.333. The fourth-order valence-corrected chi connectivity index (χ4v) is 4.32. The van der Waals surface area contributed by atoms with Crippen LogP contribution in [-0.2, 0) is 0 Å². The van der Waals surface area contributed by atoms with Crippen molar-refractivity contribution in [2.24, 2.45) is 0 Å². The number of hydrogen-bond donors (Lipinski definition) is 2. The molecule has 11 heteroatoms. The highest BCUT2D eigenvalue weighted by atomic mass is 19.4. The smallest absolute Gasteiger partial charge is 0.408 e. The predicted octanol–water partition coefficient (Wildman–Crippen LogP) is 4.03. The molecule has 4 heterocycles. The molecule has 2 atom stereocenters. The molecule has 35 heavy (non-hydrogen) atoms. The van der Waals surface area contributed by atoms with Crippen molar-refractivity contribution in [2.75, 3.05) is 19.7 Å². The average molecular weight is 484 g/mol. The molecule has 1 aliphatic rings. The van der Waals surface area contributed by atoms with Crippen LogP contribution < -0.4 is 4.74 Å². The number of nitrogens with one attached hydrogen (secondary N) is 1. The van der Waals surface area contributed by atoms with Crippen LogP contribution in [-0.4, -0.2) is 67.3 Å². The van der Waals surface area contributed by atoms with Crippen LogP contribution in [0, 0.1) is 5.41 Å². The number of pyridine rings is 2. The number of rotatable bonds is 6. The van der Waals surface area contributed by atoms with Crippen molar-refractivity contribution in [1.29, 1.82) is 5.41 Å². The molecule has 0 unspecified atom stereocenters. The van der Waals surface area contributed by atoms with Crippen molar-refractivity contribution in [1.82, 2.24) is 24.5 Å². The molecule has 0 bridgehead atoms. The number of alkyl halides is 3. The maximum atomic E-state index is 14.1. The minimum absolute atomic E-state index is 0.0152. The number of aliphatic hydroxyl groups is 1. The summed E-state index contributed by atoms with van der Waals surface area (Å²) in [6, 6.07) is 10.0. The highest BCUT2D eigenvalue weighted by Gasteiger charge is 2.46. The second kappa shape index (κ2) is 8.90. The summed E-state index contributed by atoms with van der Waals surface area (Å²) in [5.41, 5.74) is 1.69. The molecule has 1 aromatic carbocycles. The number of aliphatic hydroxyl groups excluding tert-OH is 1. The van der Waals surface area contributed by atoms with E-state index >= 15 is 0 Å². The van der Waals surface area contributed by atoms with Gasteiger partial charge in [-0.25, -0.2) is 4.98 Å². The number of para-hydroxylation sites is 1. The van der Waals surface area contributed by atoms with E-state index in [1.807, 2.05) is 18.2 Å². The number of fused-ring (bicyclic) bond motifs is 2. The zero-order valence-corrected chi connectivity index (χ0v) is 18.8. The molecule has 1 fully saturated rings. The van der Waals surface area contributed by atoms with Gasteiger partial charge >= 0.3 is 6.18 Å². The van der Waals surface area contributed by atoms with E-state index in [0.29, 0.717) is 40.6 Å². The van der Waals surface area contributed by atoms with Crippen LogP contribution in [0.15, 0.2) is 48.7 Å². The topological polar surface area (TPSA) is 99.6 Å². The molecule has 3 aromatic heterocycles. The SMILES string of the molecule is C[C@@H](O)COc1cccc2ccc(-c3nnc4ccc([C@@H](N5CCC(=N)C5)C(F)(F)F)cn34)nc12. The lowest BCUT2D eigenvalue weighted by molar-refractivity contribution is -0.183. The van der Waals surface area contributed by atoms with Gasteiger partial charge in [0.05, 0.1) is 6.10 Å². The average Bonchev–Trinajstić information content (AvgIpc) is 3.42. The van der Waals surface area contributed by atoms with Gasteiger partial charge < -0.3 is 15.3 Å². The Labute approximate surface area is 198 Å². The summed E-state index contributed by atoms with van der Waals surface area (Å²) < 4.78 is 49.5. The van der Waals surface area contributed by atoms with E-state index in [-0.39, 0.29) is 25.3 Å². The summed E-state index contributed by atoms with van der Waals surface area (Å²) in [7, 11) is 0. The summed E-state index contributed by atoms with van der Waals surface area (Å²) in [6.07, 6.45) is -3.45. The monoisotopic (exact) mass is 484 g/mol. The van der Waals surface area contributed by atoms with Crippen molar-refractivity contribution >= 4 is 22.3 Å². The van der Waals surface area contributed by atoms with Crippen LogP contribution >= 0.6 is 0 Å². The maximum Gasteiger partial charge on any atom is 0.408 e. The number of ether oxygens (including phenoxy) is 1. The second-order valence-electron chi connectivity index (χ2n) is 8.67. The van der Waals surface area contributed by atoms with Gasteiger partial charge in [0.2, 0.25) is 0 Å². The minimum atomic E-state index is -4.51. The molecule has 0 aliphatic carbocycles. The van der Waals surface area contributed by atoms with Gasteiger partial charge in [-0.05, 0) is 37.1 Å². The van der Waals surface area contributed by atoms with Crippen molar-refractivity contribution in [2.45, 2.75) is 31.7 Å². The normalized spacial score (nSPS) is 16.8. The molecule has 8 nitrogen and oxygen atoms in total. The quantitative estimate of drug-likeness (QED) is 0.429. The minimum Gasteiger partial charge on any atom is -0.489 e. The molecule has 0 radical (unpaired) electrons. The van der Waals surface area contributed by atoms with Crippen LogP contribution in [0.1, 0.15) is 24.9 Å². The van der Waals surface area contributed by atoms with E-state index in [4.69, 9.17) is 10.1 Å². The van der Waals surface area contributed by atoms with E-state index in [2.05, 4.69) is 15.2 Å². The number of aromatic nitrogens is 4. The predicted molar refractivity (Wildman–Crippen MR) is 124 cm³/mol. The second-order valence-corrected chi connectivity index (χ2v) is 8.67. The third kappa shape index (κ3) is 4.56. The molecule has 0 amide bonds. The first kappa shape index (κ1) is 23.2. The van der Waals surface area contributed by atoms with Crippen molar-refractivity contribution in [3.63, 3.8) is 0 Å². The van der Waals surface area contributed by atoms with Crippen LogP contribution in [0.25, 0.3) is 28.1 Å². The van der Waals surface area contributed by atoms with E-state index in [1.165, 1.54) is 27.6 Å². The zero-order chi connectivity index (χ0) is 24.7. The van der Waals surface area contributed by atoms with Crippen LogP contribution in [0.4, 0.5) is 13.2 Å². The van der Waals surface area contributed by atoms with Gasteiger partial charge in [-0.3, -0.25) is 9.30 Å². The number of hydrogen-bond acceptors (Lipinski definition) is 7. The number of halogens is 3. The summed E-state index contributed by atoms with van der Waals surface area (Å²) in [5.74, 6) is 0.776. The van der Waals surface area contributed by atoms with Gasteiger partial charge in [0.25, 0.3) is 0 Å². The summed E-state index contributed by atoms with van der Waals surface area (Å²) in [6.45, 7) is 1.87. The number of benzene rings is 1. The first-order chi connectivity index (χ1) is 16.7. The Hall–Kier alpha value is -3.57. The van der Waals surface area contributed by atoms with Gasteiger partial charge in [-0.1, -0.05) is 24.3 Å². The molecule has 0 saturated carbocycles. The van der Waals surface area contributed by atoms with Gasteiger partial charge in [-0.15, -0.1) is 10.2 Å².